The Balaban J connectivity index is 1.75. The summed E-state index contributed by atoms with van der Waals surface area (Å²) in [4.78, 5) is 27.0. The van der Waals surface area contributed by atoms with Crippen LogP contribution in [0.25, 0.3) is 16.6 Å². The molecule has 3 aromatic rings. The van der Waals surface area contributed by atoms with Crippen LogP contribution in [0.5, 0.6) is 0 Å². The standard InChI is InChI=1S/C18H19F3N6O2/c19-18(20,21)9-23-17(29)24-11-2-1-3-12-15(11)16-25-14(28)8-13(27(16)26-12)10-4-6-22-7-5-10/h1-3,8,10,22H,4-7,9H2,(H,25,28)(H2,23,24,29). The van der Waals surface area contributed by atoms with Gasteiger partial charge in [0.2, 0.25) is 0 Å². The summed E-state index contributed by atoms with van der Waals surface area (Å²) in [5, 5.41) is 12.5. The largest absolute Gasteiger partial charge is 0.405 e. The molecule has 0 bridgehead atoms. The number of aromatic nitrogens is 3. The number of H-pyrrole nitrogens is 1. The zero-order valence-electron chi connectivity index (χ0n) is 15.3. The van der Waals surface area contributed by atoms with Gasteiger partial charge in [-0.2, -0.15) is 18.3 Å². The van der Waals surface area contributed by atoms with E-state index >= 15 is 0 Å². The molecule has 0 unspecified atom stereocenters. The fraction of sp³-hybridized carbons (Fsp3) is 0.389. The van der Waals surface area contributed by atoms with E-state index < -0.39 is 18.8 Å². The van der Waals surface area contributed by atoms with Crippen molar-refractivity contribution in [2.75, 3.05) is 25.0 Å². The highest BCUT2D eigenvalue weighted by Gasteiger charge is 2.28. The molecule has 0 radical (unpaired) electrons. The molecule has 1 aliphatic rings. The smallest absolute Gasteiger partial charge is 0.329 e. The first kappa shape index (κ1) is 19.2. The Bertz CT molecular complexity index is 1110. The zero-order valence-corrected chi connectivity index (χ0v) is 15.3. The summed E-state index contributed by atoms with van der Waals surface area (Å²) in [7, 11) is 0. The molecule has 1 aliphatic heterocycles. The highest BCUT2D eigenvalue weighted by molar-refractivity contribution is 6.07. The molecule has 154 valence electrons. The number of anilines is 1. The maximum Gasteiger partial charge on any atom is 0.405 e. The van der Waals surface area contributed by atoms with Gasteiger partial charge in [0.25, 0.3) is 5.56 Å². The average molecular weight is 408 g/mol. The number of carbonyl (C=O) groups excluding carboxylic acids is 1. The molecular formula is C18H19F3N6O2. The topological polar surface area (TPSA) is 103 Å². The lowest BCUT2D eigenvalue weighted by Gasteiger charge is -2.23. The number of piperidine rings is 1. The lowest BCUT2D eigenvalue weighted by molar-refractivity contribution is -0.122. The number of alkyl halides is 3. The fourth-order valence-electron chi connectivity index (χ4n) is 3.65. The quantitative estimate of drug-likeness (QED) is 0.534. The second kappa shape index (κ2) is 7.39. The van der Waals surface area contributed by atoms with Crippen LogP contribution >= 0.6 is 0 Å². The van der Waals surface area contributed by atoms with E-state index in [1.165, 1.54) is 6.07 Å². The number of benzene rings is 1. The van der Waals surface area contributed by atoms with Gasteiger partial charge in [-0.05, 0) is 38.1 Å². The lowest BCUT2D eigenvalue weighted by Crippen LogP contribution is -2.36. The molecule has 0 spiro atoms. The minimum Gasteiger partial charge on any atom is -0.329 e. The monoisotopic (exact) mass is 408 g/mol. The summed E-state index contributed by atoms with van der Waals surface area (Å²) in [6.07, 6.45) is -2.79. The molecule has 0 aliphatic carbocycles. The van der Waals surface area contributed by atoms with Gasteiger partial charge in [0.1, 0.15) is 12.2 Å². The predicted octanol–water partition coefficient (Wildman–Crippen LogP) is 2.33. The van der Waals surface area contributed by atoms with Gasteiger partial charge in [0, 0.05) is 12.0 Å². The number of hydrogen-bond donors (Lipinski definition) is 4. The Hall–Kier alpha value is -3.08. The van der Waals surface area contributed by atoms with Crippen LogP contribution in [0.4, 0.5) is 23.7 Å². The molecule has 1 saturated heterocycles. The second-order valence-corrected chi connectivity index (χ2v) is 6.97. The Morgan fingerprint density at radius 3 is 2.76 bits per heavy atom. The Morgan fingerprint density at radius 2 is 2.03 bits per heavy atom. The van der Waals surface area contributed by atoms with Crippen molar-refractivity contribution < 1.29 is 18.0 Å². The van der Waals surface area contributed by atoms with E-state index in [-0.39, 0.29) is 17.2 Å². The molecule has 0 saturated carbocycles. The molecule has 11 heteroatoms. The zero-order chi connectivity index (χ0) is 20.6. The first-order valence-electron chi connectivity index (χ1n) is 9.19. The molecule has 8 nitrogen and oxygen atoms in total. The van der Waals surface area contributed by atoms with Crippen LogP contribution in [-0.4, -0.2) is 46.4 Å². The molecule has 1 aromatic carbocycles. The number of aromatic amines is 1. The number of hydrogen-bond acceptors (Lipinski definition) is 4. The van der Waals surface area contributed by atoms with Gasteiger partial charge in [0.15, 0.2) is 0 Å². The molecule has 2 aromatic heterocycles. The molecule has 4 N–H and O–H groups in total. The van der Waals surface area contributed by atoms with Crippen LogP contribution in [0.15, 0.2) is 29.1 Å². The molecule has 3 heterocycles. The van der Waals surface area contributed by atoms with Gasteiger partial charge in [-0.25, -0.2) is 9.31 Å². The Morgan fingerprint density at radius 1 is 1.28 bits per heavy atom. The van der Waals surface area contributed by atoms with Crippen molar-refractivity contribution >= 4 is 28.3 Å². The van der Waals surface area contributed by atoms with Crippen molar-refractivity contribution in [1.29, 1.82) is 0 Å². The summed E-state index contributed by atoms with van der Waals surface area (Å²) < 4.78 is 38.6. The van der Waals surface area contributed by atoms with Crippen LogP contribution in [0.1, 0.15) is 24.5 Å². The number of rotatable bonds is 3. The third-order valence-electron chi connectivity index (χ3n) is 4.92. The van der Waals surface area contributed by atoms with Crippen molar-refractivity contribution in [2.24, 2.45) is 0 Å². The van der Waals surface area contributed by atoms with E-state index in [1.807, 2.05) is 0 Å². The van der Waals surface area contributed by atoms with Crippen molar-refractivity contribution in [2.45, 2.75) is 24.9 Å². The summed E-state index contributed by atoms with van der Waals surface area (Å²) in [5.74, 6) is 0.154. The van der Waals surface area contributed by atoms with Crippen LogP contribution in [0.2, 0.25) is 0 Å². The van der Waals surface area contributed by atoms with Gasteiger partial charge in [-0.15, -0.1) is 0 Å². The van der Waals surface area contributed by atoms with Crippen LogP contribution in [-0.2, 0) is 0 Å². The maximum absolute atomic E-state index is 12.3. The van der Waals surface area contributed by atoms with E-state index in [9.17, 15) is 22.8 Å². The molecule has 29 heavy (non-hydrogen) atoms. The van der Waals surface area contributed by atoms with Crippen molar-refractivity contribution in [1.82, 2.24) is 25.2 Å². The summed E-state index contributed by atoms with van der Waals surface area (Å²) in [6.45, 7) is 0.234. The fourth-order valence-corrected chi connectivity index (χ4v) is 3.65. The van der Waals surface area contributed by atoms with Crippen LogP contribution in [0.3, 0.4) is 0 Å². The first-order valence-corrected chi connectivity index (χ1v) is 9.19. The van der Waals surface area contributed by atoms with Crippen molar-refractivity contribution in [3.05, 3.63) is 40.3 Å². The number of fused-ring (bicyclic) bond motifs is 3. The Labute approximate surface area is 162 Å². The molecule has 0 atom stereocenters. The molecular weight excluding hydrogens is 389 g/mol. The Kier molecular flexibility index (Phi) is 4.91. The van der Waals surface area contributed by atoms with E-state index in [0.29, 0.717) is 16.6 Å². The van der Waals surface area contributed by atoms with Gasteiger partial charge in [-0.3, -0.25) is 4.79 Å². The normalized spacial score (nSPS) is 15.7. The lowest BCUT2D eigenvalue weighted by atomic mass is 9.94. The SMILES string of the molecule is O=C(NCC(F)(F)F)Nc1cccc2nn3c(C4CCNCC4)cc(=O)[nH]c3c12. The van der Waals surface area contributed by atoms with E-state index in [2.05, 4.69) is 20.7 Å². The average Bonchev–Trinajstić information content (AvgIpc) is 3.05. The minimum absolute atomic E-state index is 0.154. The van der Waals surface area contributed by atoms with Crippen molar-refractivity contribution in [3.63, 3.8) is 0 Å². The summed E-state index contributed by atoms with van der Waals surface area (Å²) in [5.41, 5.74) is 1.64. The van der Waals surface area contributed by atoms with Gasteiger partial charge < -0.3 is 20.9 Å². The highest BCUT2D eigenvalue weighted by atomic mass is 19.4. The number of halogens is 3. The van der Waals surface area contributed by atoms with Crippen LogP contribution < -0.4 is 21.5 Å². The van der Waals surface area contributed by atoms with Gasteiger partial charge in [0.05, 0.1) is 22.3 Å². The van der Waals surface area contributed by atoms with Crippen LogP contribution in [0, 0.1) is 0 Å². The number of urea groups is 1. The molecule has 2 amide bonds. The van der Waals surface area contributed by atoms with E-state index in [4.69, 9.17) is 0 Å². The molecule has 1 fully saturated rings. The molecule has 4 rings (SSSR count). The third kappa shape index (κ3) is 4.04. The summed E-state index contributed by atoms with van der Waals surface area (Å²) >= 11 is 0. The minimum atomic E-state index is -4.51. The van der Waals surface area contributed by atoms with E-state index in [0.717, 1.165) is 31.6 Å². The highest BCUT2D eigenvalue weighted by Crippen LogP contribution is 2.30. The predicted molar refractivity (Wildman–Crippen MR) is 101 cm³/mol. The number of amides is 2. The number of carbonyl (C=O) groups is 1. The number of nitrogens with one attached hydrogen (secondary N) is 4. The van der Waals surface area contributed by atoms with Gasteiger partial charge >= 0.3 is 12.2 Å². The van der Waals surface area contributed by atoms with Gasteiger partial charge in [-0.1, -0.05) is 6.07 Å². The van der Waals surface area contributed by atoms with E-state index in [1.54, 1.807) is 28.0 Å². The second-order valence-electron chi connectivity index (χ2n) is 6.97. The summed E-state index contributed by atoms with van der Waals surface area (Å²) in [6, 6.07) is 5.43. The third-order valence-corrected chi connectivity index (χ3v) is 4.92. The maximum atomic E-state index is 12.3. The number of nitrogens with zero attached hydrogens (tertiary/aromatic N) is 2. The first-order chi connectivity index (χ1) is 13.8. The van der Waals surface area contributed by atoms with Crippen molar-refractivity contribution in [3.8, 4) is 0 Å².